The van der Waals surface area contributed by atoms with Gasteiger partial charge < -0.3 is 19.3 Å². The minimum absolute atomic E-state index is 0.0638. The monoisotopic (exact) mass is 454 g/mol. The number of hydrogen-bond donors (Lipinski definition) is 0. The van der Waals surface area contributed by atoms with Crippen molar-refractivity contribution in [3.05, 3.63) is 0 Å². The van der Waals surface area contributed by atoms with E-state index in [4.69, 9.17) is 9.47 Å². The van der Waals surface area contributed by atoms with Gasteiger partial charge in [-0.25, -0.2) is 9.59 Å². The van der Waals surface area contributed by atoms with E-state index < -0.39 is 11.2 Å². The Morgan fingerprint density at radius 2 is 0.844 bits per heavy atom. The van der Waals surface area contributed by atoms with Gasteiger partial charge in [0.2, 0.25) is 0 Å². The second kappa shape index (κ2) is 10.7. The molecule has 2 rings (SSSR count). The molecule has 0 N–H and O–H groups in total. The molecule has 2 amide bonds. The number of carbonyl (C=O) groups excluding carboxylic acids is 4. The van der Waals surface area contributed by atoms with Crippen LogP contribution in [0.3, 0.4) is 0 Å². The third kappa shape index (κ3) is 8.79. The molecule has 0 bridgehead atoms. The van der Waals surface area contributed by atoms with Crippen molar-refractivity contribution < 1.29 is 28.7 Å². The van der Waals surface area contributed by atoms with Crippen molar-refractivity contribution in [1.29, 1.82) is 0 Å². The van der Waals surface area contributed by atoms with Crippen LogP contribution in [0.2, 0.25) is 0 Å². The summed E-state index contributed by atoms with van der Waals surface area (Å²) in [6.07, 6.45) is 1.10. The highest BCUT2D eigenvalue weighted by molar-refractivity contribution is 5.83. The maximum absolute atomic E-state index is 11.9. The summed E-state index contributed by atoms with van der Waals surface area (Å²) >= 11 is 0. The summed E-state index contributed by atoms with van der Waals surface area (Å²) in [5.41, 5.74) is -0.976. The Hall–Kier alpha value is -2.12. The topological polar surface area (TPSA) is 93.2 Å². The van der Waals surface area contributed by atoms with Gasteiger partial charge in [0.25, 0.3) is 0 Å². The fraction of sp³-hybridized carbons (Fsp3) is 0.833. The number of piperidine rings is 2. The second-order valence-corrected chi connectivity index (χ2v) is 11.1. The standard InChI is InChI=1S/2C12H21NO3/c2*1-8-6-10(14)7-9(2)13(8)11(15)16-12(3,4)5/h2*8-9H,6-7H2,1-5H3/t2*8-,9-/m10/s1. The fourth-order valence-corrected chi connectivity index (χ4v) is 4.10. The van der Waals surface area contributed by atoms with Gasteiger partial charge >= 0.3 is 12.2 Å². The van der Waals surface area contributed by atoms with E-state index in [1.165, 1.54) is 0 Å². The summed E-state index contributed by atoms with van der Waals surface area (Å²) in [5.74, 6) is 0.444. The maximum Gasteiger partial charge on any atom is 0.410 e. The summed E-state index contributed by atoms with van der Waals surface area (Å²) in [7, 11) is 0. The van der Waals surface area contributed by atoms with Crippen LogP contribution >= 0.6 is 0 Å². The van der Waals surface area contributed by atoms with E-state index in [0.29, 0.717) is 25.7 Å². The quantitative estimate of drug-likeness (QED) is 0.525. The van der Waals surface area contributed by atoms with Crippen molar-refractivity contribution in [2.45, 2.75) is 130 Å². The van der Waals surface area contributed by atoms with Gasteiger partial charge in [0.05, 0.1) is 0 Å². The zero-order chi connectivity index (χ0) is 25.0. The smallest absolute Gasteiger partial charge is 0.410 e. The number of carbonyl (C=O) groups is 4. The largest absolute Gasteiger partial charge is 0.444 e. The second-order valence-electron chi connectivity index (χ2n) is 11.1. The SMILES string of the molecule is C[C@@H]1CC(=O)C[C@@H](C)N1C(=O)OC(C)(C)C.C[C@H]1CC(=O)C[C@H](C)N1C(=O)OC(C)(C)C. The molecule has 0 aromatic rings. The van der Waals surface area contributed by atoms with Gasteiger partial charge in [-0.15, -0.1) is 0 Å². The van der Waals surface area contributed by atoms with Crippen LogP contribution in [0.15, 0.2) is 0 Å². The molecule has 0 spiro atoms. The van der Waals surface area contributed by atoms with E-state index in [1.54, 1.807) is 9.80 Å². The van der Waals surface area contributed by atoms with E-state index >= 15 is 0 Å². The number of Topliss-reactive ketones (excluding diaryl/α,β-unsaturated/α-hetero) is 2. The van der Waals surface area contributed by atoms with Crippen molar-refractivity contribution in [3.63, 3.8) is 0 Å². The highest BCUT2D eigenvalue weighted by atomic mass is 16.6. The molecular weight excluding hydrogens is 412 g/mol. The molecule has 32 heavy (non-hydrogen) atoms. The zero-order valence-electron chi connectivity index (χ0n) is 21.5. The normalized spacial score (nSPS) is 26.8. The number of ketones is 2. The lowest BCUT2D eigenvalue weighted by Crippen LogP contribution is -2.51. The number of nitrogens with zero attached hydrogens (tertiary/aromatic N) is 2. The van der Waals surface area contributed by atoms with Gasteiger partial charge in [0.15, 0.2) is 0 Å². The average Bonchev–Trinajstić information content (AvgIpc) is 2.49. The van der Waals surface area contributed by atoms with Crippen molar-refractivity contribution in [3.8, 4) is 0 Å². The van der Waals surface area contributed by atoms with E-state index in [9.17, 15) is 19.2 Å². The molecule has 2 saturated heterocycles. The lowest BCUT2D eigenvalue weighted by Gasteiger charge is -2.38. The number of amides is 2. The molecule has 8 heteroatoms. The molecule has 0 aromatic carbocycles. The molecule has 8 nitrogen and oxygen atoms in total. The number of likely N-dealkylation sites (tertiary alicyclic amines) is 2. The van der Waals surface area contributed by atoms with Crippen molar-refractivity contribution in [2.75, 3.05) is 0 Å². The van der Waals surface area contributed by atoms with Crippen LogP contribution in [0.4, 0.5) is 9.59 Å². The van der Waals surface area contributed by atoms with Gasteiger partial charge in [0, 0.05) is 49.9 Å². The summed E-state index contributed by atoms with van der Waals surface area (Å²) in [6, 6.07) is -0.255. The Morgan fingerprint density at radius 3 is 1.03 bits per heavy atom. The fourth-order valence-electron chi connectivity index (χ4n) is 4.10. The molecule has 2 fully saturated rings. The Balaban J connectivity index is 0.000000320. The Labute approximate surface area is 193 Å². The van der Waals surface area contributed by atoms with Gasteiger partial charge in [-0.2, -0.15) is 0 Å². The lowest BCUT2D eigenvalue weighted by molar-refractivity contribution is -0.125. The predicted molar refractivity (Wildman–Crippen MR) is 122 cm³/mol. The minimum atomic E-state index is -0.488. The molecule has 4 atom stereocenters. The third-order valence-corrected chi connectivity index (χ3v) is 5.20. The number of ether oxygens (including phenoxy) is 2. The molecule has 184 valence electrons. The Bertz CT molecular complexity index is 618. The first-order valence-electron chi connectivity index (χ1n) is 11.5. The lowest BCUT2D eigenvalue weighted by atomic mass is 9.97. The molecule has 0 radical (unpaired) electrons. The average molecular weight is 455 g/mol. The number of rotatable bonds is 0. The highest BCUT2D eigenvalue weighted by Gasteiger charge is 2.36. The van der Waals surface area contributed by atoms with Crippen LogP contribution in [0.1, 0.15) is 94.9 Å². The highest BCUT2D eigenvalue weighted by Crippen LogP contribution is 2.24. The van der Waals surface area contributed by atoms with Crippen LogP contribution in [0, 0.1) is 0 Å². The summed E-state index contributed by atoms with van der Waals surface area (Å²) in [5, 5.41) is 0. The summed E-state index contributed by atoms with van der Waals surface area (Å²) in [4.78, 5) is 49.9. The first-order valence-corrected chi connectivity index (χ1v) is 11.5. The first kappa shape index (κ1) is 27.9. The molecular formula is C24H42N2O6. The van der Waals surface area contributed by atoms with Crippen LogP contribution in [0.25, 0.3) is 0 Å². The van der Waals surface area contributed by atoms with Gasteiger partial charge in [0.1, 0.15) is 22.8 Å². The molecule has 0 aromatic heterocycles. The van der Waals surface area contributed by atoms with Crippen LogP contribution < -0.4 is 0 Å². The first-order chi connectivity index (χ1) is 14.4. The maximum atomic E-state index is 11.9. The van der Waals surface area contributed by atoms with E-state index in [-0.39, 0.29) is 47.9 Å². The molecule has 2 heterocycles. The van der Waals surface area contributed by atoms with Crippen LogP contribution in [-0.2, 0) is 19.1 Å². The number of hydrogen-bond acceptors (Lipinski definition) is 6. The molecule has 0 saturated carbocycles. The van der Waals surface area contributed by atoms with Crippen LogP contribution in [0.5, 0.6) is 0 Å². The van der Waals surface area contributed by atoms with Gasteiger partial charge in [-0.3, -0.25) is 9.59 Å². The summed E-state index contributed by atoms with van der Waals surface area (Å²) in [6.45, 7) is 18.6. The van der Waals surface area contributed by atoms with Crippen molar-refractivity contribution in [1.82, 2.24) is 9.80 Å². The van der Waals surface area contributed by atoms with Gasteiger partial charge in [-0.1, -0.05) is 0 Å². The molecule has 0 unspecified atom stereocenters. The van der Waals surface area contributed by atoms with E-state index in [1.807, 2.05) is 69.2 Å². The Kier molecular flexibility index (Phi) is 9.30. The molecule has 2 aliphatic heterocycles. The van der Waals surface area contributed by atoms with Gasteiger partial charge in [-0.05, 0) is 69.2 Å². The molecule has 0 aliphatic carbocycles. The zero-order valence-corrected chi connectivity index (χ0v) is 21.5. The Morgan fingerprint density at radius 1 is 0.625 bits per heavy atom. The van der Waals surface area contributed by atoms with Crippen molar-refractivity contribution in [2.24, 2.45) is 0 Å². The van der Waals surface area contributed by atoms with E-state index in [2.05, 4.69) is 0 Å². The third-order valence-electron chi connectivity index (χ3n) is 5.20. The minimum Gasteiger partial charge on any atom is -0.444 e. The predicted octanol–water partition coefficient (Wildman–Crippen LogP) is 4.73. The molecule has 2 aliphatic rings. The van der Waals surface area contributed by atoms with E-state index in [0.717, 1.165) is 0 Å². The summed E-state index contributed by atoms with van der Waals surface area (Å²) < 4.78 is 10.7. The van der Waals surface area contributed by atoms with Crippen LogP contribution in [-0.4, -0.2) is 68.9 Å². The van der Waals surface area contributed by atoms with Crippen molar-refractivity contribution >= 4 is 23.8 Å².